The molecule has 0 radical (unpaired) electrons. The van der Waals surface area contributed by atoms with E-state index >= 15 is 0 Å². The second kappa shape index (κ2) is 6.73. The van der Waals surface area contributed by atoms with Crippen molar-refractivity contribution in [1.82, 2.24) is 4.98 Å². The van der Waals surface area contributed by atoms with Gasteiger partial charge in [-0.25, -0.2) is 4.98 Å². The molecular formula is C14H14Cl2N2O2S. The van der Waals surface area contributed by atoms with Crippen LogP contribution in [0.3, 0.4) is 0 Å². The number of thioether (sulfide) groups is 1. The number of para-hydroxylation sites is 1. The highest BCUT2D eigenvalue weighted by Gasteiger charge is 2.20. The maximum Gasteiger partial charge on any atom is 0.256 e. The third-order valence-corrected chi connectivity index (χ3v) is 4.44. The number of carbonyl (C=O) groups excluding carboxylic acids is 1. The fraction of sp³-hybridized carbons (Fsp3) is 0.286. The van der Waals surface area contributed by atoms with E-state index in [0.29, 0.717) is 21.0 Å². The number of carbonyl (C=O) groups is 1. The van der Waals surface area contributed by atoms with Gasteiger partial charge in [-0.15, -0.1) is 0 Å². The molecule has 4 nitrogen and oxygen atoms in total. The second-order valence-corrected chi connectivity index (χ2v) is 6.57. The van der Waals surface area contributed by atoms with Crippen LogP contribution in [0, 0.1) is 13.8 Å². The van der Waals surface area contributed by atoms with E-state index in [1.54, 1.807) is 25.1 Å². The molecule has 0 bridgehead atoms. The molecule has 1 aromatic carbocycles. The van der Waals surface area contributed by atoms with Gasteiger partial charge in [0.1, 0.15) is 5.76 Å². The van der Waals surface area contributed by atoms with Crippen molar-refractivity contribution in [1.29, 1.82) is 0 Å². The van der Waals surface area contributed by atoms with Crippen molar-refractivity contribution in [3.63, 3.8) is 0 Å². The van der Waals surface area contributed by atoms with Crippen LogP contribution in [0.5, 0.6) is 0 Å². The predicted molar refractivity (Wildman–Crippen MR) is 86.4 cm³/mol. The van der Waals surface area contributed by atoms with Crippen molar-refractivity contribution in [2.24, 2.45) is 0 Å². The largest absolute Gasteiger partial charge is 0.437 e. The summed E-state index contributed by atoms with van der Waals surface area (Å²) >= 11 is 13.3. The molecular weight excluding hydrogens is 331 g/mol. The monoisotopic (exact) mass is 344 g/mol. The van der Waals surface area contributed by atoms with Crippen LogP contribution in [0.15, 0.2) is 27.8 Å². The Hall–Kier alpha value is -1.17. The van der Waals surface area contributed by atoms with E-state index in [2.05, 4.69) is 10.3 Å². The van der Waals surface area contributed by atoms with E-state index in [1.165, 1.54) is 11.8 Å². The lowest BCUT2D eigenvalue weighted by Crippen LogP contribution is -2.22. The third kappa shape index (κ3) is 3.93. The molecule has 0 aliphatic carbocycles. The molecule has 112 valence electrons. The molecule has 0 unspecified atom stereocenters. The van der Waals surface area contributed by atoms with Crippen molar-refractivity contribution in [3.05, 3.63) is 39.7 Å². The zero-order valence-electron chi connectivity index (χ0n) is 11.7. The highest BCUT2D eigenvalue weighted by Crippen LogP contribution is 2.31. The normalized spacial score (nSPS) is 12.2. The van der Waals surface area contributed by atoms with Gasteiger partial charge in [-0.05, 0) is 32.9 Å². The summed E-state index contributed by atoms with van der Waals surface area (Å²) in [5.74, 6) is 0.530. The molecule has 0 aliphatic heterocycles. The number of nitrogens with zero attached hydrogens (tertiary/aromatic N) is 1. The van der Waals surface area contributed by atoms with Crippen molar-refractivity contribution in [2.75, 3.05) is 5.32 Å². The van der Waals surface area contributed by atoms with E-state index in [9.17, 15) is 4.79 Å². The Morgan fingerprint density at radius 3 is 2.48 bits per heavy atom. The number of hydrogen-bond acceptors (Lipinski definition) is 4. The second-order valence-electron chi connectivity index (χ2n) is 4.47. The summed E-state index contributed by atoms with van der Waals surface area (Å²) in [6.07, 6.45) is 0. The summed E-state index contributed by atoms with van der Waals surface area (Å²) in [5, 5.41) is 3.60. The lowest BCUT2D eigenvalue weighted by atomic mass is 10.3. The zero-order chi connectivity index (χ0) is 15.6. The van der Waals surface area contributed by atoms with E-state index < -0.39 is 5.25 Å². The number of rotatable bonds is 4. The minimum Gasteiger partial charge on any atom is -0.437 e. The van der Waals surface area contributed by atoms with Gasteiger partial charge in [-0.3, -0.25) is 4.79 Å². The minimum atomic E-state index is -0.394. The predicted octanol–water partition coefficient (Wildman–Crippen LogP) is 4.72. The Kier molecular flexibility index (Phi) is 5.19. The number of oxazole rings is 1. The number of aryl methyl sites for hydroxylation is 2. The average molecular weight is 345 g/mol. The van der Waals surface area contributed by atoms with Gasteiger partial charge in [-0.2, -0.15) is 0 Å². The first-order valence-electron chi connectivity index (χ1n) is 6.24. The van der Waals surface area contributed by atoms with Gasteiger partial charge in [0.2, 0.25) is 5.91 Å². The standard InChI is InChI=1S/C14H14Cl2N2O2S/c1-7-8(2)20-14(17-7)21-9(3)13(19)18-12-10(15)5-4-6-11(12)16/h4-6,9H,1-3H3,(H,18,19)/t9-/m1/s1. The van der Waals surface area contributed by atoms with Crippen LogP contribution < -0.4 is 5.32 Å². The summed E-state index contributed by atoms with van der Waals surface area (Å²) in [5.41, 5.74) is 1.23. The number of amides is 1. The Labute approximate surface area is 137 Å². The maximum absolute atomic E-state index is 12.2. The Morgan fingerprint density at radius 2 is 1.95 bits per heavy atom. The Bertz CT molecular complexity index is 633. The minimum absolute atomic E-state index is 0.219. The summed E-state index contributed by atoms with van der Waals surface area (Å²) in [6.45, 7) is 5.46. The van der Waals surface area contributed by atoms with Gasteiger partial charge in [-0.1, -0.05) is 41.0 Å². The molecule has 0 fully saturated rings. The highest BCUT2D eigenvalue weighted by molar-refractivity contribution is 8.00. The summed E-state index contributed by atoms with van der Waals surface area (Å²) in [4.78, 5) is 16.4. The molecule has 2 aromatic rings. The number of anilines is 1. The molecule has 1 amide bonds. The van der Waals surface area contributed by atoms with Gasteiger partial charge < -0.3 is 9.73 Å². The molecule has 1 aromatic heterocycles. The number of benzene rings is 1. The lowest BCUT2D eigenvalue weighted by molar-refractivity contribution is -0.115. The smallest absolute Gasteiger partial charge is 0.256 e. The zero-order valence-corrected chi connectivity index (χ0v) is 14.1. The summed E-state index contributed by atoms with van der Waals surface area (Å²) in [6, 6.07) is 5.06. The van der Waals surface area contributed by atoms with Crippen LogP contribution in [0.1, 0.15) is 18.4 Å². The molecule has 7 heteroatoms. The van der Waals surface area contributed by atoms with Crippen LogP contribution in [-0.2, 0) is 4.79 Å². The summed E-state index contributed by atoms with van der Waals surface area (Å²) in [7, 11) is 0. The lowest BCUT2D eigenvalue weighted by Gasteiger charge is -2.12. The fourth-order valence-corrected chi connectivity index (χ4v) is 2.86. The van der Waals surface area contributed by atoms with Crippen LogP contribution in [0.25, 0.3) is 0 Å². The molecule has 2 rings (SSSR count). The number of halogens is 2. The van der Waals surface area contributed by atoms with Crippen LogP contribution in [0.2, 0.25) is 10.0 Å². The number of nitrogens with one attached hydrogen (secondary N) is 1. The number of aromatic nitrogens is 1. The van der Waals surface area contributed by atoms with E-state index in [1.807, 2.05) is 13.8 Å². The molecule has 1 atom stereocenters. The molecule has 0 saturated heterocycles. The van der Waals surface area contributed by atoms with Crippen molar-refractivity contribution in [3.8, 4) is 0 Å². The van der Waals surface area contributed by atoms with Crippen molar-refractivity contribution < 1.29 is 9.21 Å². The van der Waals surface area contributed by atoms with Crippen LogP contribution >= 0.6 is 35.0 Å². The Morgan fingerprint density at radius 1 is 1.33 bits per heavy atom. The maximum atomic E-state index is 12.2. The first-order valence-corrected chi connectivity index (χ1v) is 7.87. The van der Waals surface area contributed by atoms with Gasteiger partial charge in [0.25, 0.3) is 5.22 Å². The molecule has 1 N–H and O–H groups in total. The summed E-state index contributed by atoms with van der Waals surface area (Å²) < 4.78 is 5.45. The van der Waals surface area contributed by atoms with E-state index in [0.717, 1.165) is 11.5 Å². The van der Waals surface area contributed by atoms with E-state index in [4.69, 9.17) is 27.6 Å². The third-order valence-electron chi connectivity index (χ3n) is 2.87. The quantitative estimate of drug-likeness (QED) is 0.815. The SMILES string of the molecule is Cc1nc(S[C@H](C)C(=O)Nc2c(Cl)cccc2Cl)oc1C. The molecule has 0 saturated carbocycles. The van der Waals surface area contributed by atoms with Gasteiger partial charge >= 0.3 is 0 Å². The van der Waals surface area contributed by atoms with E-state index in [-0.39, 0.29) is 5.91 Å². The first-order chi connectivity index (χ1) is 9.88. The molecule has 21 heavy (non-hydrogen) atoms. The van der Waals surface area contributed by atoms with Crippen LogP contribution in [-0.4, -0.2) is 16.1 Å². The molecule has 1 heterocycles. The van der Waals surface area contributed by atoms with Gasteiger partial charge in [0.05, 0.1) is 26.7 Å². The van der Waals surface area contributed by atoms with Crippen molar-refractivity contribution >= 4 is 46.6 Å². The molecule has 0 aliphatic rings. The molecule has 0 spiro atoms. The topological polar surface area (TPSA) is 55.1 Å². The van der Waals surface area contributed by atoms with Gasteiger partial charge in [0, 0.05) is 0 Å². The fourth-order valence-electron chi connectivity index (χ4n) is 1.54. The first kappa shape index (κ1) is 16.2. The van der Waals surface area contributed by atoms with Gasteiger partial charge in [0.15, 0.2) is 0 Å². The van der Waals surface area contributed by atoms with Crippen LogP contribution in [0.4, 0.5) is 5.69 Å². The number of hydrogen-bond donors (Lipinski definition) is 1. The average Bonchev–Trinajstić information content (AvgIpc) is 2.72. The highest BCUT2D eigenvalue weighted by atomic mass is 35.5. The Balaban J connectivity index is 2.06. The van der Waals surface area contributed by atoms with Crippen molar-refractivity contribution in [2.45, 2.75) is 31.2 Å².